The van der Waals surface area contributed by atoms with Crippen LogP contribution in [0.4, 0.5) is 0 Å². The van der Waals surface area contributed by atoms with Crippen molar-refractivity contribution in [2.24, 2.45) is 5.41 Å². The maximum atomic E-state index is 10.9. The minimum Gasteiger partial charge on any atom is -0.480 e. The van der Waals surface area contributed by atoms with Gasteiger partial charge in [-0.1, -0.05) is 12.2 Å². The molecule has 0 amide bonds. The zero-order chi connectivity index (χ0) is 8.48. The van der Waals surface area contributed by atoms with Gasteiger partial charge in [0.25, 0.3) is 0 Å². The predicted molar refractivity (Wildman–Crippen MR) is 35.8 cm³/mol. The highest BCUT2D eigenvalue weighted by atomic mass is 16.5. The van der Waals surface area contributed by atoms with Crippen molar-refractivity contribution < 1.29 is 19.4 Å². The van der Waals surface area contributed by atoms with Crippen molar-refractivity contribution in [2.75, 3.05) is 6.61 Å². The summed E-state index contributed by atoms with van der Waals surface area (Å²) in [6, 6.07) is 0. The number of aliphatic carboxylic acids is 1. The molecular weight excluding hydrogens is 148 g/mol. The van der Waals surface area contributed by atoms with Crippen LogP contribution in [0.1, 0.15) is 6.92 Å². The highest BCUT2D eigenvalue weighted by Gasteiger charge is 2.51. The average Bonchev–Trinajstić information content (AvgIpc) is 2.66. The molecule has 4 nitrogen and oxygen atoms in total. The Morgan fingerprint density at radius 2 is 2.09 bits per heavy atom. The molecular formula is C7H8O4. The van der Waals surface area contributed by atoms with Crippen LogP contribution in [0.2, 0.25) is 0 Å². The zero-order valence-electron chi connectivity index (χ0n) is 6.03. The summed E-state index contributed by atoms with van der Waals surface area (Å²) < 4.78 is 4.55. The molecule has 1 rings (SSSR count). The first-order chi connectivity index (χ1) is 5.13. The summed E-state index contributed by atoms with van der Waals surface area (Å²) >= 11 is 0. The van der Waals surface area contributed by atoms with Crippen LogP contribution in [-0.2, 0) is 14.3 Å². The van der Waals surface area contributed by atoms with E-state index in [1.165, 1.54) is 12.2 Å². The molecule has 0 fully saturated rings. The van der Waals surface area contributed by atoms with Crippen LogP contribution in [0.5, 0.6) is 0 Å². The molecule has 0 aliphatic heterocycles. The third-order valence-corrected chi connectivity index (χ3v) is 1.47. The zero-order valence-corrected chi connectivity index (χ0v) is 6.03. The smallest absolute Gasteiger partial charge is 0.331 e. The van der Waals surface area contributed by atoms with Crippen molar-refractivity contribution in [3.63, 3.8) is 0 Å². The Morgan fingerprint density at radius 3 is 2.36 bits per heavy atom. The number of carbonyl (C=O) groups excluding carboxylic acids is 1. The predicted octanol–water partition coefficient (Wildman–Crippen LogP) is 0.190. The number of carboxylic acids is 1. The Bertz CT molecular complexity index is 223. The third-order valence-electron chi connectivity index (χ3n) is 1.47. The van der Waals surface area contributed by atoms with Crippen LogP contribution in [0, 0.1) is 5.41 Å². The van der Waals surface area contributed by atoms with Gasteiger partial charge in [0.15, 0.2) is 0 Å². The number of carboxylic acid groups (broad SMARTS) is 1. The first kappa shape index (κ1) is 7.78. The molecule has 0 aromatic carbocycles. The number of hydrogen-bond acceptors (Lipinski definition) is 3. The quantitative estimate of drug-likeness (QED) is 0.360. The fraction of sp³-hybridized carbons (Fsp3) is 0.429. The molecule has 0 radical (unpaired) electrons. The number of ether oxygens (including phenoxy) is 1. The molecule has 0 heterocycles. The van der Waals surface area contributed by atoms with Gasteiger partial charge in [-0.15, -0.1) is 0 Å². The van der Waals surface area contributed by atoms with E-state index in [9.17, 15) is 9.59 Å². The largest absolute Gasteiger partial charge is 0.480 e. The van der Waals surface area contributed by atoms with E-state index in [0.29, 0.717) is 0 Å². The molecule has 11 heavy (non-hydrogen) atoms. The molecule has 0 aromatic heterocycles. The standard InChI is InChI=1S/C7H8O4/c1-2-11-6(10)7(3-4-7)5(8)9/h3-4H,2H2,1H3,(H,8,9). The lowest BCUT2D eigenvalue weighted by atomic mass is 10.1. The van der Waals surface area contributed by atoms with Gasteiger partial charge in [-0.2, -0.15) is 0 Å². The van der Waals surface area contributed by atoms with E-state index in [1.54, 1.807) is 6.92 Å². The van der Waals surface area contributed by atoms with Crippen molar-refractivity contribution in [3.8, 4) is 0 Å². The van der Waals surface area contributed by atoms with Crippen molar-refractivity contribution in [1.29, 1.82) is 0 Å². The second kappa shape index (κ2) is 2.38. The molecule has 0 atom stereocenters. The van der Waals surface area contributed by atoms with Crippen LogP contribution in [-0.4, -0.2) is 23.7 Å². The minimum absolute atomic E-state index is 0.204. The fourth-order valence-corrected chi connectivity index (χ4v) is 0.700. The van der Waals surface area contributed by atoms with Crippen molar-refractivity contribution in [2.45, 2.75) is 6.92 Å². The minimum atomic E-state index is -1.43. The van der Waals surface area contributed by atoms with Gasteiger partial charge in [0.1, 0.15) is 0 Å². The number of hydrogen-bond donors (Lipinski definition) is 1. The summed E-state index contributed by atoms with van der Waals surface area (Å²) in [5, 5.41) is 8.54. The average molecular weight is 156 g/mol. The molecule has 1 aliphatic rings. The number of carbonyl (C=O) groups is 2. The van der Waals surface area contributed by atoms with Crippen LogP contribution in [0.15, 0.2) is 12.2 Å². The summed E-state index contributed by atoms with van der Waals surface area (Å²) in [4.78, 5) is 21.3. The van der Waals surface area contributed by atoms with E-state index >= 15 is 0 Å². The first-order valence-electron chi connectivity index (χ1n) is 3.24. The van der Waals surface area contributed by atoms with Crippen molar-refractivity contribution >= 4 is 11.9 Å². The maximum Gasteiger partial charge on any atom is 0.331 e. The normalized spacial score (nSPS) is 17.5. The van der Waals surface area contributed by atoms with Crippen molar-refractivity contribution in [1.82, 2.24) is 0 Å². The Labute approximate surface area is 63.5 Å². The van der Waals surface area contributed by atoms with Gasteiger partial charge in [0, 0.05) is 0 Å². The monoisotopic (exact) mass is 156 g/mol. The van der Waals surface area contributed by atoms with Gasteiger partial charge >= 0.3 is 11.9 Å². The van der Waals surface area contributed by atoms with Gasteiger partial charge in [0.2, 0.25) is 5.41 Å². The summed E-state index contributed by atoms with van der Waals surface area (Å²) in [5.74, 6) is -1.87. The number of rotatable bonds is 3. The Morgan fingerprint density at radius 1 is 1.55 bits per heavy atom. The summed E-state index contributed by atoms with van der Waals surface area (Å²) in [6.07, 6.45) is 2.63. The third kappa shape index (κ3) is 1.11. The van der Waals surface area contributed by atoms with E-state index in [0.717, 1.165) is 0 Å². The van der Waals surface area contributed by atoms with E-state index in [1.807, 2.05) is 0 Å². The Hall–Kier alpha value is -1.32. The maximum absolute atomic E-state index is 10.9. The molecule has 0 aromatic rings. The van der Waals surface area contributed by atoms with E-state index in [4.69, 9.17) is 5.11 Å². The van der Waals surface area contributed by atoms with E-state index < -0.39 is 17.4 Å². The van der Waals surface area contributed by atoms with Gasteiger partial charge in [-0.25, -0.2) is 0 Å². The molecule has 4 heteroatoms. The molecule has 60 valence electrons. The van der Waals surface area contributed by atoms with Gasteiger partial charge in [0.05, 0.1) is 6.61 Å². The molecule has 0 saturated heterocycles. The van der Waals surface area contributed by atoms with E-state index in [-0.39, 0.29) is 6.61 Å². The van der Waals surface area contributed by atoms with Crippen LogP contribution < -0.4 is 0 Å². The van der Waals surface area contributed by atoms with Gasteiger partial charge in [-0.05, 0) is 6.92 Å². The highest BCUT2D eigenvalue weighted by molar-refractivity contribution is 6.08. The molecule has 0 unspecified atom stereocenters. The van der Waals surface area contributed by atoms with Crippen LogP contribution in [0.3, 0.4) is 0 Å². The first-order valence-corrected chi connectivity index (χ1v) is 3.24. The van der Waals surface area contributed by atoms with Crippen molar-refractivity contribution in [3.05, 3.63) is 12.2 Å². The van der Waals surface area contributed by atoms with Crippen LogP contribution >= 0.6 is 0 Å². The highest BCUT2D eigenvalue weighted by Crippen LogP contribution is 2.36. The molecule has 0 spiro atoms. The second-order valence-electron chi connectivity index (χ2n) is 2.23. The lowest BCUT2D eigenvalue weighted by Gasteiger charge is -2.07. The van der Waals surface area contributed by atoms with Gasteiger partial charge < -0.3 is 9.84 Å². The molecule has 1 N–H and O–H groups in total. The SMILES string of the molecule is CCOC(=O)C1(C(=O)O)C=C1. The Balaban J connectivity index is 2.59. The topological polar surface area (TPSA) is 63.6 Å². The lowest BCUT2D eigenvalue weighted by molar-refractivity contribution is -0.158. The lowest BCUT2D eigenvalue weighted by Crippen LogP contribution is -2.28. The molecule has 0 saturated carbocycles. The van der Waals surface area contributed by atoms with Gasteiger partial charge in [-0.3, -0.25) is 9.59 Å². The Kier molecular flexibility index (Phi) is 1.68. The number of esters is 1. The summed E-state index contributed by atoms with van der Waals surface area (Å²) in [5.41, 5.74) is -1.43. The van der Waals surface area contributed by atoms with Crippen LogP contribution in [0.25, 0.3) is 0 Å². The van der Waals surface area contributed by atoms with E-state index in [2.05, 4.69) is 4.74 Å². The summed E-state index contributed by atoms with van der Waals surface area (Å²) in [7, 11) is 0. The molecule has 1 aliphatic carbocycles. The molecule has 0 bridgehead atoms. The summed E-state index contributed by atoms with van der Waals surface area (Å²) in [6.45, 7) is 1.84. The second-order valence-corrected chi connectivity index (χ2v) is 2.23. The fourth-order valence-electron chi connectivity index (χ4n) is 0.700.